The molecule has 2 aromatic rings. The molecule has 0 bridgehead atoms. The van der Waals surface area contributed by atoms with Crippen LogP contribution < -0.4 is 0 Å². The fourth-order valence-corrected chi connectivity index (χ4v) is 2.77. The Morgan fingerprint density at radius 2 is 2.09 bits per heavy atom. The second-order valence-corrected chi connectivity index (χ2v) is 5.66. The standard InChI is InChI=1S/C18H17ClN2O2/c19-16-7-2-1-6-15(16)17-13-21(11-12-23-17)18(22)9-8-14-5-3-4-10-20-14/h1-10,17H,11-13H2/b9-8-/t17-/m1/s1. The third kappa shape index (κ3) is 3.97. The first-order chi connectivity index (χ1) is 11.2. The highest BCUT2D eigenvalue weighted by atomic mass is 35.5. The van der Waals surface area contributed by atoms with Crippen LogP contribution in [0.2, 0.25) is 5.02 Å². The molecule has 1 aromatic heterocycles. The summed E-state index contributed by atoms with van der Waals surface area (Å²) in [4.78, 5) is 18.3. The predicted octanol–water partition coefficient (Wildman–Crippen LogP) is 3.35. The third-order valence-electron chi connectivity index (χ3n) is 3.71. The van der Waals surface area contributed by atoms with Gasteiger partial charge in [-0.3, -0.25) is 9.78 Å². The summed E-state index contributed by atoms with van der Waals surface area (Å²) in [5.74, 6) is -0.0454. The molecule has 3 rings (SSSR count). The molecule has 1 fully saturated rings. The summed E-state index contributed by atoms with van der Waals surface area (Å²) in [7, 11) is 0. The van der Waals surface area contributed by atoms with Gasteiger partial charge < -0.3 is 9.64 Å². The number of amides is 1. The van der Waals surface area contributed by atoms with Crippen LogP contribution in [0.5, 0.6) is 0 Å². The van der Waals surface area contributed by atoms with Crippen molar-refractivity contribution in [3.05, 3.63) is 71.0 Å². The van der Waals surface area contributed by atoms with Crippen molar-refractivity contribution < 1.29 is 9.53 Å². The van der Waals surface area contributed by atoms with Crippen LogP contribution in [0.15, 0.2) is 54.7 Å². The number of rotatable bonds is 3. The Kier molecular flexibility index (Phi) is 5.05. The molecule has 4 nitrogen and oxygen atoms in total. The zero-order chi connectivity index (χ0) is 16.1. The molecular weight excluding hydrogens is 312 g/mol. The Hall–Kier alpha value is -2.17. The van der Waals surface area contributed by atoms with E-state index in [1.165, 1.54) is 0 Å². The van der Waals surface area contributed by atoms with Crippen molar-refractivity contribution in [3.63, 3.8) is 0 Å². The molecule has 2 heterocycles. The number of carbonyl (C=O) groups is 1. The van der Waals surface area contributed by atoms with E-state index in [0.717, 1.165) is 11.3 Å². The molecule has 0 unspecified atom stereocenters. The van der Waals surface area contributed by atoms with Crippen LogP contribution in [0.3, 0.4) is 0 Å². The molecule has 1 atom stereocenters. The SMILES string of the molecule is O=C(/C=C\c1ccccn1)N1CCO[C@@H](c2ccccc2Cl)C1. The molecule has 0 radical (unpaired) electrons. The quantitative estimate of drug-likeness (QED) is 0.811. The van der Waals surface area contributed by atoms with E-state index in [-0.39, 0.29) is 12.0 Å². The fourth-order valence-electron chi connectivity index (χ4n) is 2.51. The topological polar surface area (TPSA) is 42.4 Å². The number of hydrogen-bond donors (Lipinski definition) is 0. The van der Waals surface area contributed by atoms with Crippen molar-refractivity contribution >= 4 is 23.6 Å². The highest BCUT2D eigenvalue weighted by Gasteiger charge is 2.25. The van der Waals surface area contributed by atoms with E-state index in [0.29, 0.717) is 24.7 Å². The lowest BCUT2D eigenvalue weighted by Gasteiger charge is -2.33. The Morgan fingerprint density at radius 3 is 2.87 bits per heavy atom. The maximum Gasteiger partial charge on any atom is 0.246 e. The maximum atomic E-state index is 12.4. The third-order valence-corrected chi connectivity index (χ3v) is 4.06. The molecule has 1 aliphatic heterocycles. The van der Waals surface area contributed by atoms with Gasteiger partial charge in [-0.25, -0.2) is 0 Å². The molecule has 0 saturated carbocycles. The normalized spacial score (nSPS) is 18.3. The summed E-state index contributed by atoms with van der Waals surface area (Å²) in [5.41, 5.74) is 1.68. The molecule has 1 saturated heterocycles. The summed E-state index contributed by atoms with van der Waals surface area (Å²) in [6.07, 6.45) is 4.79. The molecule has 1 aliphatic rings. The van der Waals surface area contributed by atoms with Gasteiger partial charge >= 0.3 is 0 Å². The largest absolute Gasteiger partial charge is 0.370 e. The minimum absolute atomic E-state index is 0.0454. The smallest absolute Gasteiger partial charge is 0.246 e. The predicted molar refractivity (Wildman–Crippen MR) is 90.0 cm³/mol. The van der Waals surface area contributed by atoms with Crippen LogP contribution in [0, 0.1) is 0 Å². The molecule has 118 valence electrons. The van der Waals surface area contributed by atoms with Crippen LogP contribution in [0.4, 0.5) is 0 Å². The second-order valence-electron chi connectivity index (χ2n) is 5.25. The Morgan fingerprint density at radius 1 is 1.26 bits per heavy atom. The van der Waals surface area contributed by atoms with E-state index < -0.39 is 0 Å². The lowest BCUT2D eigenvalue weighted by molar-refractivity contribution is -0.133. The van der Waals surface area contributed by atoms with Gasteiger partial charge in [-0.2, -0.15) is 0 Å². The zero-order valence-corrected chi connectivity index (χ0v) is 13.3. The lowest BCUT2D eigenvalue weighted by Crippen LogP contribution is -2.41. The fraction of sp³-hybridized carbons (Fsp3) is 0.222. The van der Waals surface area contributed by atoms with E-state index in [9.17, 15) is 4.79 Å². The van der Waals surface area contributed by atoms with Gasteiger partial charge in [0.25, 0.3) is 0 Å². The van der Waals surface area contributed by atoms with Gasteiger partial charge in [0.05, 0.1) is 18.8 Å². The molecule has 1 aromatic carbocycles. The minimum atomic E-state index is -0.190. The number of ether oxygens (including phenoxy) is 1. The first kappa shape index (κ1) is 15.7. The van der Waals surface area contributed by atoms with Crippen molar-refractivity contribution in [2.75, 3.05) is 19.7 Å². The van der Waals surface area contributed by atoms with Crippen molar-refractivity contribution in [2.45, 2.75) is 6.10 Å². The van der Waals surface area contributed by atoms with Crippen molar-refractivity contribution in [2.24, 2.45) is 0 Å². The minimum Gasteiger partial charge on any atom is -0.370 e. The second kappa shape index (κ2) is 7.40. The van der Waals surface area contributed by atoms with E-state index in [2.05, 4.69) is 4.98 Å². The summed E-state index contributed by atoms with van der Waals surface area (Å²) in [6.45, 7) is 1.57. The van der Waals surface area contributed by atoms with E-state index in [1.807, 2.05) is 42.5 Å². The van der Waals surface area contributed by atoms with Gasteiger partial charge in [-0.1, -0.05) is 35.9 Å². The molecule has 0 spiro atoms. The Bertz CT molecular complexity index is 703. The van der Waals surface area contributed by atoms with Crippen LogP contribution in [0.1, 0.15) is 17.4 Å². The number of nitrogens with zero attached hydrogens (tertiary/aromatic N) is 2. The average Bonchev–Trinajstić information content (AvgIpc) is 2.61. The number of carbonyl (C=O) groups excluding carboxylic acids is 1. The number of aromatic nitrogens is 1. The summed E-state index contributed by atoms with van der Waals surface area (Å²) in [5, 5.41) is 0.663. The monoisotopic (exact) mass is 328 g/mol. The number of morpholine rings is 1. The number of benzene rings is 1. The van der Waals surface area contributed by atoms with Gasteiger partial charge in [0.15, 0.2) is 0 Å². The number of hydrogen-bond acceptors (Lipinski definition) is 3. The van der Waals surface area contributed by atoms with Gasteiger partial charge in [0.1, 0.15) is 6.10 Å². The zero-order valence-electron chi connectivity index (χ0n) is 12.6. The highest BCUT2D eigenvalue weighted by Crippen LogP contribution is 2.28. The van der Waals surface area contributed by atoms with Crippen LogP contribution >= 0.6 is 11.6 Å². The van der Waals surface area contributed by atoms with Crippen LogP contribution in [-0.4, -0.2) is 35.5 Å². The summed E-state index contributed by atoms with van der Waals surface area (Å²) < 4.78 is 5.77. The number of pyridine rings is 1. The molecule has 0 N–H and O–H groups in total. The molecular formula is C18H17ClN2O2. The van der Waals surface area contributed by atoms with Gasteiger partial charge in [0.2, 0.25) is 5.91 Å². The van der Waals surface area contributed by atoms with Crippen molar-refractivity contribution in [3.8, 4) is 0 Å². The first-order valence-electron chi connectivity index (χ1n) is 7.48. The first-order valence-corrected chi connectivity index (χ1v) is 7.86. The van der Waals surface area contributed by atoms with Crippen molar-refractivity contribution in [1.82, 2.24) is 9.88 Å². The van der Waals surface area contributed by atoms with E-state index >= 15 is 0 Å². The van der Waals surface area contributed by atoms with Gasteiger partial charge in [-0.15, -0.1) is 0 Å². The number of halogens is 1. The van der Waals surface area contributed by atoms with Gasteiger partial charge in [0, 0.05) is 29.4 Å². The van der Waals surface area contributed by atoms with Gasteiger partial charge in [-0.05, 0) is 24.3 Å². The summed E-state index contributed by atoms with van der Waals surface area (Å²) in [6, 6.07) is 13.2. The van der Waals surface area contributed by atoms with Crippen LogP contribution in [0.25, 0.3) is 6.08 Å². The molecule has 1 amide bonds. The average molecular weight is 329 g/mol. The summed E-state index contributed by atoms with van der Waals surface area (Å²) >= 11 is 6.22. The Balaban J connectivity index is 1.68. The van der Waals surface area contributed by atoms with Crippen molar-refractivity contribution in [1.29, 1.82) is 0 Å². The van der Waals surface area contributed by atoms with Crippen LogP contribution in [-0.2, 0) is 9.53 Å². The molecule has 5 heteroatoms. The lowest BCUT2D eigenvalue weighted by atomic mass is 10.1. The van der Waals surface area contributed by atoms with E-state index in [1.54, 1.807) is 23.2 Å². The molecule has 0 aliphatic carbocycles. The molecule has 23 heavy (non-hydrogen) atoms. The van der Waals surface area contributed by atoms with E-state index in [4.69, 9.17) is 16.3 Å². The Labute approximate surface area is 140 Å². The highest BCUT2D eigenvalue weighted by molar-refractivity contribution is 6.31. The maximum absolute atomic E-state index is 12.4.